The van der Waals surface area contributed by atoms with Crippen LogP contribution in [-0.4, -0.2) is 18.6 Å². The first kappa shape index (κ1) is 16.4. The number of hydrogen-bond donors (Lipinski definition) is 1. The van der Waals surface area contributed by atoms with Gasteiger partial charge in [0.2, 0.25) is 0 Å². The standard InChI is InChI=1S/C20H23NO3/c1-13-8-9-18-16(10-13)17(12-20(2,3)24-18)21-19(22)14-6-5-7-15(11-14)23-4/h5-11,17H,12H2,1-4H3,(H,21,22). The van der Waals surface area contributed by atoms with E-state index < -0.39 is 0 Å². The fraction of sp³-hybridized carbons (Fsp3) is 0.350. The summed E-state index contributed by atoms with van der Waals surface area (Å²) in [6.07, 6.45) is 0.721. The Labute approximate surface area is 142 Å². The summed E-state index contributed by atoms with van der Waals surface area (Å²) in [5.74, 6) is 1.41. The van der Waals surface area contributed by atoms with Crippen molar-refractivity contribution in [3.8, 4) is 11.5 Å². The predicted molar refractivity (Wildman–Crippen MR) is 93.7 cm³/mol. The van der Waals surface area contributed by atoms with Crippen LogP contribution >= 0.6 is 0 Å². The molecule has 1 aliphatic heterocycles. The van der Waals surface area contributed by atoms with Crippen LogP contribution in [0, 0.1) is 6.92 Å². The van der Waals surface area contributed by atoms with E-state index in [1.165, 1.54) is 0 Å². The van der Waals surface area contributed by atoms with Gasteiger partial charge in [-0.2, -0.15) is 0 Å². The van der Waals surface area contributed by atoms with Crippen LogP contribution in [0.5, 0.6) is 11.5 Å². The summed E-state index contributed by atoms with van der Waals surface area (Å²) in [7, 11) is 1.59. The van der Waals surface area contributed by atoms with Crippen LogP contribution in [-0.2, 0) is 0 Å². The fourth-order valence-electron chi connectivity index (χ4n) is 3.11. The number of aryl methyl sites for hydroxylation is 1. The number of benzene rings is 2. The molecule has 2 aromatic rings. The Morgan fingerprint density at radius 3 is 2.79 bits per heavy atom. The maximum Gasteiger partial charge on any atom is 0.251 e. The van der Waals surface area contributed by atoms with Crippen molar-refractivity contribution in [1.29, 1.82) is 0 Å². The second-order valence-electron chi connectivity index (χ2n) is 6.87. The van der Waals surface area contributed by atoms with Crippen molar-refractivity contribution in [2.45, 2.75) is 38.8 Å². The first-order valence-electron chi connectivity index (χ1n) is 8.12. The third-order valence-electron chi connectivity index (χ3n) is 4.26. The van der Waals surface area contributed by atoms with Crippen LogP contribution in [0.3, 0.4) is 0 Å². The van der Waals surface area contributed by atoms with Gasteiger partial charge in [-0.25, -0.2) is 0 Å². The quantitative estimate of drug-likeness (QED) is 0.926. The molecule has 4 heteroatoms. The average Bonchev–Trinajstić information content (AvgIpc) is 2.55. The van der Waals surface area contributed by atoms with Gasteiger partial charge >= 0.3 is 0 Å². The second kappa shape index (κ2) is 6.19. The van der Waals surface area contributed by atoms with Crippen molar-refractivity contribution in [1.82, 2.24) is 5.32 Å². The highest BCUT2D eigenvalue weighted by Crippen LogP contribution is 2.40. The van der Waals surface area contributed by atoms with Crippen molar-refractivity contribution >= 4 is 5.91 Å². The molecular weight excluding hydrogens is 302 g/mol. The molecule has 2 aromatic carbocycles. The zero-order valence-electron chi connectivity index (χ0n) is 14.6. The minimum atomic E-state index is -0.325. The van der Waals surface area contributed by atoms with E-state index in [1.54, 1.807) is 19.2 Å². The Hall–Kier alpha value is -2.49. The SMILES string of the molecule is COc1cccc(C(=O)NC2CC(C)(C)Oc3ccc(C)cc32)c1. The smallest absolute Gasteiger partial charge is 0.251 e. The second-order valence-corrected chi connectivity index (χ2v) is 6.87. The molecule has 0 radical (unpaired) electrons. The van der Waals surface area contributed by atoms with Gasteiger partial charge in [0.25, 0.3) is 5.91 Å². The molecule has 1 unspecified atom stereocenters. The number of carbonyl (C=O) groups is 1. The van der Waals surface area contributed by atoms with Gasteiger partial charge in [-0.15, -0.1) is 0 Å². The lowest BCUT2D eigenvalue weighted by Crippen LogP contribution is -2.41. The van der Waals surface area contributed by atoms with Gasteiger partial charge in [-0.05, 0) is 45.0 Å². The van der Waals surface area contributed by atoms with E-state index in [9.17, 15) is 4.79 Å². The van der Waals surface area contributed by atoms with E-state index in [1.807, 2.05) is 45.0 Å². The van der Waals surface area contributed by atoms with Crippen molar-refractivity contribution in [3.05, 3.63) is 59.2 Å². The number of methoxy groups -OCH3 is 1. The van der Waals surface area contributed by atoms with Crippen LogP contribution in [0.15, 0.2) is 42.5 Å². The summed E-state index contributed by atoms with van der Waals surface area (Å²) in [4.78, 5) is 12.7. The molecule has 0 saturated heterocycles. The van der Waals surface area contributed by atoms with Gasteiger partial charge in [0, 0.05) is 17.5 Å². The molecule has 0 spiro atoms. The Balaban J connectivity index is 1.88. The molecule has 3 rings (SSSR count). The number of amides is 1. The van der Waals surface area contributed by atoms with Gasteiger partial charge in [0.05, 0.1) is 13.2 Å². The summed E-state index contributed by atoms with van der Waals surface area (Å²) in [5.41, 5.74) is 2.45. The molecule has 1 amide bonds. The van der Waals surface area contributed by atoms with E-state index in [-0.39, 0.29) is 17.6 Å². The lowest BCUT2D eigenvalue weighted by atomic mass is 9.88. The van der Waals surface area contributed by atoms with Crippen LogP contribution in [0.25, 0.3) is 0 Å². The molecule has 0 bridgehead atoms. The number of fused-ring (bicyclic) bond motifs is 1. The summed E-state index contributed by atoms with van der Waals surface area (Å²) in [5, 5.41) is 3.15. The van der Waals surface area contributed by atoms with Crippen LogP contribution in [0.4, 0.5) is 0 Å². The predicted octanol–water partition coefficient (Wildman–Crippen LogP) is 4.04. The number of carbonyl (C=O) groups excluding carboxylic acids is 1. The minimum absolute atomic E-state index is 0.0812. The average molecular weight is 325 g/mol. The zero-order chi connectivity index (χ0) is 17.3. The lowest BCUT2D eigenvalue weighted by molar-refractivity contribution is 0.0619. The molecule has 1 heterocycles. The van der Waals surface area contributed by atoms with Gasteiger partial charge in [0.1, 0.15) is 17.1 Å². The maximum atomic E-state index is 12.7. The topological polar surface area (TPSA) is 47.6 Å². The molecule has 126 valence electrons. The number of hydrogen-bond acceptors (Lipinski definition) is 3. The van der Waals surface area contributed by atoms with Gasteiger partial charge in [-0.3, -0.25) is 4.79 Å². The summed E-state index contributed by atoms with van der Waals surface area (Å²) in [6, 6.07) is 13.2. The van der Waals surface area contributed by atoms with Gasteiger partial charge in [0.15, 0.2) is 0 Å². The number of ether oxygens (including phenoxy) is 2. The molecule has 0 aromatic heterocycles. The Bertz CT molecular complexity index is 767. The molecule has 1 N–H and O–H groups in total. The molecule has 0 saturated carbocycles. The van der Waals surface area contributed by atoms with E-state index in [2.05, 4.69) is 11.4 Å². The van der Waals surface area contributed by atoms with Gasteiger partial charge < -0.3 is 14.8 Å². The van der Waals surface area contributed by atoms with E-state index in [4.69, 9.17) is 9.47 Å². The summed E-state index contributed by atoms with van der Waals surface area (Å²) in [6.45, 7) is 6.13. The molecule has 4 nitrogen and oxygen atoms in total. The zero-order valence-corrected chi connectivity index (χ0v) is 14.6. The van der Waals surface area contributed by atoms with Crippen molar-refractivity contribution in [3.63, 3.8) is 0 Å². The Morgan fingerprint density at radius 2 is 2.04 bits per heavy atom. The van der Waals surface area contributed by atoms with E-state index >= 15 is 0 Å². The third-order valence-corrected chi connectivity index (χ3v) is 4.26. The molecule has 24 heavy (non-hydrogen) atoms. The molecular formula is C20H23NO3. The highest BCUT2D eigenvalue weighted by Gasteiger charge is 2.34. The number of nitrogens with one attached hydrogen (secondary N) is 1. The maximum absolute atomic E-state index is 12.7. The monoisotopic (exact) mass is 325 g/mol. The van der Waals surface area contributed by atoms with Gasteiger partial charge in [-0.1, -0.05) is 23.8 Å². The largest absolute Gasteiger partial charge is 0.497 e. The van der Waals surface area contributed by atoms with Crippen LogP contribution in [0.2, 0.25) is 0 Å². The third kappa shape index (κ3) is 3.37. The fourth-order valence-corrected chi connectivity index (χ4v) is 3.11. The highest BCUT2D eigenvalue weighted by molar-refractivity contribution is 5.94. The minimum Gasteiger partial charge on any atom is -0.497 e. The first-order chi connectivity index (χ1) is 11.4. The molecule has 1 atom stereocenters. The van der Waals surface area contributed by atoms with Crippen molar-refractivity contribution in [2.75, 3.05) is 7.11 Å². The van der Waals surface area contributed by atoms with E-state index in [0.717, 1.165) is 23.3 Å². The Kier molecular flexibility index (Phi) is 4.22. The van der Waals surface area contributed by atoms with Crippen molar-refractivity contribution in [2.24, 2.45) is 0 Å². The van der Waals surface area contributed by atoms with E-state index in [0.29, 0.717) is 11.3 Å². The highest BCUT2D eigenvalue weighted by atomic mass is 16.5. The van der Waals surface area contributed by atoms with Crippen LogP contribution < -0.4 is 14.8 Å². The number of rotatable bonds is 3. The lowest BCUT2D eigenvalue weighted by Gasteiger charge is -2.38. The summed E-state index contributed by atoms with van der Waals surface area (Å²) < 4.78 is 11.3. The van der Waals surface area contributed by atoms with Crippen molar-refractivity contribution < 1.29 is 14.3 Å². The molecule has 0 fully saturated rings. The Morgan fingerprint density at radius 1 is 1.25 bits per heavy atom. The van der Waals surface area contributed by atoms with Crippen LogP contribution in [0.1, 0.15) is 47.8 Å². The first-order valence-corrected chi connectivity index (χ1v) is 8.12. The summed E-state index contributed by atoms with van der Waals surface area (Å²) >= 11 is 0. The molecule has 0 aliphatic carbocycles. The normalized spacial score (nSPS) is 18.2. The molecule has 1 aliphatic rings.